The van der Waals surface area contributed by atoms with Crippen molar-refractivity contribution in [2.45, 2.75) is 56.5 Å². The SMILES string of the molecule is O=C1NC(=O)C2(CC(C(=O)NC(c3cccc(OC(F)(F)F)c3)C3CCCC3)C2)N1. The van der Waals surface area contributed by atoms with Crippen LogP contribution in [0.5, 0.6) is 5.75 Å². The predicted molar refractivity (Wildman–Crippen MR) is 98.1 cm³/mol. The molecule has 0 aromatic heterocycles. The summed E-state index contributed by atoms with van der Waals surface area (Å²) in [5, 5.41) is 7.73. The van der Waals surface area contributed by atoms with Gasteiger partial charge in [-0.2, -0.15) is 0 Å². The number of benzene rings is 1. The van der Waals surface area contributed by atoms with E-state index in [0.717, 1.165) is 25.7 Å². The van der Waals surface area contributed by atoms with Crippen molar-refractivity contribution in [1.82, 2.24) is 16.0 Å². The summed E-state index contributed by atoms with van der Waals surface area (Å²) >= 11 is 0. The van der Waals surface area contributed by atoms with Crippen molar-refractivity contribution in [2.75, 3.05) is 0 Å². The Hall–Kier alpha value is -2.78. The van der Waals surface area contributed by atoms with E-state index >= 15 is 0 Å². The standard InChI is InChI=1S/C20H22F3N3O4/c21-20(22,23)30-14-7-3-6-12(8-14)15(11-4-1-2-5-11)24-16(27)13-9-19(10-13)17(28)25-18(29)26-19/h3,6-8,11,13,15H,1-2,4-5,9-10H2,(H,24,27)(H2,25,26,28,29). The van der Waals surface area contributed by atoms with Crippen molar-refractivity contribution in [3.63, 3.8) is 0 Å². The molecule has 3 aliphatic rings. The summed E-state index contributed by atoms with van der Waals surface area (Å²) in [6, 6.07) is 4.68. The number of alkyl halides is 3. The van der Waals surface area contributed by atoms with Gasteiger partial charge in [-0.25, -0.2) is 4.79 Å². The molecule has 3 fully saturated rings. The highest BCUT2D eigenvalue weighted by atomic mass is 19.4. The third-order valence-corrected chi connectivity index (χ3v) is 6.19. The smallest absolute Gasteiger partial charge is 0.406 e. The molecule has 1 atom stereocenters. The number of nitrogens with one attached hydrogen (secondary N) is 3. The van der Waals surface area contributed by atoms with Crippen molar-refractivity contribution in [1.29, 1.82) is 0 Å². The molecule has 30 heavy (non-hydrogen) atoms. The average Bonchev–Trinajstić information content (AvgIpc) is 3.24. The van der Waals surface area contributed by atoms with Crippen molar-refractivity contribution < 1.29 is 32.3 Å². The summed E-state index contributed by atoms with van der Waals surface area (Å²) in [6.07, 6.45) is -0.679. The highest BCUT2D eigenvalue weighted by molar-refractivity contribution is 6.08. The molecule has 10 heteroatoms. The zero-order chi connectivity index (χ0) is 21.5. The first-order chi connectivity index (χ1) is 14.2. The molecule has 0 radical (unpaired) electrons. The topological polar surface area (TPSA) is 96.5 Å². The fraction of sp³-hybridized carbons (Fsp3) is 0.550. The van der Waals surface area contributed by atoms with Crippen molar-refractivity contribution in [3.05, 3.63) is 29.8 Å². The lowest BCUT2D eigenvalue weighted by molar-refractivity contribution is -0.274. The zero-order valence-corrected chi connectivity index (χ0v) is 16.1. The quantitative estimate of drug-likeness (QED) is 0.632. The second kappa shape index (κ2) is 7.48. The fourth-order valence-electron chi connectivity index (χ4n) is 4.72. The molecule has 1 heterocycles. The van der Waals surface area contributed by atoms with Gasteiger partial charge in [0.15, 0.2) is 0 Å². The molecule has 2 aliphatic carbocycles. The van der Waals surface area contributed by atoms with E-state index in [1.54, 1.807) is 6.07 Å². The van der Waals surface area contributed by atoms with Gasteiger partial charge in [-0.15, -0.1) is 13.2 Å². The third-order valence-electron chi connectivity index (χ3n) is 6.19. The Morgan fingerprint density at radius 2 is 1.90 bits per heavy atom. The Morgan fingerprint density at radius 1 is 1.20 bits per heavy atom. The monoisotopic (exact) mass is 425 g/mol. The molecule has 1 aromatic carbocycles. The van der Waals surface area contributed by atoms with Gasteiger partial charge < -0.3 is 15.4 Å². The van der Waals surface area contributed by atoms with Gasteiger partial charge in [0.2, 0.25) is 5.91 Å². The maximum Gasteiger partial charge on any atom is 0.573 e. The van der Waals surface area contributed by atoms with Crippen LogP contribution in [-0.2, 0) is 9.59 Å². The number of imide groups is 1. The van der Waals surface area contributed by atoms with Crippen LogP contribution in [0.3, 0.4) is 0 Å². The minimum absolute atomic E-state index is 0.110. The number of urea groups is 1. The van der Waals surface area contributed by atoms with Crippen LogP contribution in [0.15, 0.2) is 24.3 Å². The van der Waals surface area contributed by atoms with Crippen LogP contribution < -0.4 is 20.7 Å². The lowest BCUT2D eigenvalue weighted by atomic mass is 9.67. The average molecular weight is 425 g/mol. The summed E-state index contributed by atoms with van der Waals surface area (Å²) in [4.78, 5) is 36.1. The van der Waals surface area contributed by atoms with E-state index in [1.807, 2.05) is 0 Å². The fourth-order valence-corrected chi connectivity index (χ4v) is 4.72. The third kappa shape index (κ3) is 4.08. The molecule has 2 saturated carbocycles. The molecular weight excluding hydrogens is 403 g/mol. The van der Waals surface area contributed by atoms with E-state index in [0.29, 0.717) is 5.56 Å². The van der Waals surface area contributed by atoms with E-state index in [9.17, 15) is 27.6 Å². The largest absolute Gasteiger partial charge is 0.573 e. The Labute approximate surface area is 170 Å². The molecule has 4 rings (SSSR count). The van der Waals surface area contributed by atoms with Gasteiger partial charge in [0.05, 0.1) is 6.04 Å². The van der Waals surface area contributed by atoms with Gasteiger partial charge in [0, 0.05) is 5.92 Å². The van der Waals surface area contributed by atoms with Gasteiger partial charge in [0.25, 0.3) is 5.91 Å². The minimum atomic E-state index is -4.79. The number of amides is 4. The minimum Gasteiger partial charge on any atom is -0.406 e. The number of hydrogen-bond acceptors (Lipinski definition) is 4. The van der Waals surface area contributed by atoms with Gasteiger partial charge in [-0.3, -0.25) is 14.9 Å². The van der Waals surface area contributed by atoms with Gasteiger partial charge in [0.1, 0.15) is 11.3 Å². The van der Waals surface area contributed by atoms with Gasteiger partial charge in [-0.05, 0) is 49.3 Å². The van der Waals surface area contributed by atoms with Crippen molar-refractivity contribution in [3.8, 4) is 5.75 Å². The summed E-state index contributed by atoms with van der Waals surface area (Å²) in [5.41, 5.74) is -0.472. The van der Waals surface area contributed by atoms with Crippen molar-refractivity contribution >= 4 is 17.8 Å². The lowest BCUT2D eigenvalue weighted by Crippen LogP contribution is -2.60. The maximum atomic E-state index is 12.8. The summed E-state index contributed by atoms with van der Waals surface area (Å²) in [6.45, 7) is 0. The molecule has 1 aromatic rings. The first-order valence-corrected chi connectivity index (χ1v) is 9.95. The number of rotatable bonds is 5. The Balaban J connectivity index is 1.47. The van der Waals surface area contributed by atoms with Crippen LogP contribution >= 0.6 is 0 Å². The number of halogens is 3. The second-order valence-corrected chi connectivity index (χ2v) is 8.25. The lowest BCUT2D eigenvalue weighted by Gasteiger charge is -2.42. The van der Waals surface area contributed by atoms with Gasteiger partial charge >= 0.3 is 12.4 Å². The van der Waals surface area contributed by atoms with Crippen molar-refractivity contribution in [2.24, 2.45) is 11.8 Å². The number of carbonyl (C=O) groups excluding carboxylic acids is 3. The molecule has 1 spiro atoms. The highest BCUT2D eigenvalue weighted by Gasteiger charge is 2.57. The molecule has 4 amide bonds. The molecule has 1 unspecified atom stereocenters. The van der Waals surface area contributed by atoms with E-state index in [2.05, 4.69) is 20.7 Å². The molecule has 0 bridgehead atoms. The van der Waals surface area contributed by atoms with E-state index in [1.165, 1.54) is 18.2 Å². The molecule has 1 aliphatic heterocycles. The van der Waals surface area contributed by atoms with Crippen LogP contribution in [0.4, 0.5) is 18.0 Å². The Bertz CT molecular complexity index is 861. The second-order valence-electron chi connectivity index (χ2n) is 8.25. The highest BCUT2D eigenvalue weighted by Crippen LogP contribution is 2.42. The van der Waals surface area contributed by atoms with Crippen LogP contribution in [0.1, 0.15) is 50.1 Å². The van der Waals surface area contributed by atoms with E-state index < -0.39 is 35.8 Å². The summed E-state index contributed by atoms with van der Waals surface area (Å²) in [7, 11) is 0. The molecule has 7 nitrogen and oxygen atoms in total. The maximum absolute atomic E-state index is 12.8. The van der Waals surface area contributed by atoms with Gasteiger partial charge in [-0.1, -0.05) is 25.0 Å². The van der Waals surface area contributed by atoms with E-state index in [4.69, 9.17) is 0 Å². The molecule has 3 N–H and O–H groups in total. The normalized spacial score (nSPS) is 27.4. The molecular formula is C20H22F3N3O4. The summed E-state index contributed by atoms with van der Waals surface area (Å²) in [5.74, 6) is -1.37. The number of carbonyl (C=O) groups is 3. The predicted octanol–water partition coefficient (Wildman–Crippen LogP) is 2.92. The Morgan fingerprint density at radius 3 is 2.50 bits per heavy atom. The van der Waals surface area contributed by atoms with Crippen LogP contribution in [0, 0.1) is 11.8 Å². The zero-order valence-electron chi connectivity index (χ0n) is 16.1. The number of hydrogen-bond donors (Lipinski definition) is 3. The van der Waals surface area contributed by atoms with Crippen LogP contribution in [0.25, 0.3) is 0 Å². The Kier molecular flexibility index (Phi) is 5.11. The van der Waals surface area contributed by atoms with E-state index in [-0.39, 0.29) is 30.4 Å². The number of ether oxygens (including phenoxy) is 1. The summed E-state index contributed by atoms with van der Waals surface area (Å²) < 4.78 is 41.8. The molecule has 162 valence electrons. The van der Waals surface area contributed by atoms with Crippen LogP contribution in [-0.4, -0.2) is 29.7 Å². The first-order valence-electron chi connectivity index (χ1n) is 9.95. The molecule has 1 saturated heterocycles. The van der Waals surface area contributed by atoms with Crippen LogP contribution in [0.2, 0.25) is 0 Å². The first kappa shape index (κ1) is 20.5.